The molecule has 1 amide bonds. The molecular formula is C28H33ClN8O2S. The Bertz CT molecular complexity index is 1630. The van der Waals surface area contributed by atoms with Gasteiger partial charge in [0.1, 0.15) is 11.0 Å². The summed E-state index contributed by atoms with van der Waals surface area (Å²) in [6, 6.07) is 7.06. The SMILES string of the molecule is CSNC(=O)c1nc(Cl)ccc1NC(C)c1cc(C)cc2c(=O)n(C)c(C3CCN(c4cnn(C)c4)CC3)nc12. The number of aromatic nitrogens is 5. The van der Waals surface area contributed by atoms with Gasteiger partial charge in [0.05, 0.1) is 34.5 Å². The first-order chi connectivity index (χ1) is 19.2. The fourth-order valence-corrected chi connectivity index (χ4v) is 5.84. The van der Waals surface area contributed by atoms with E-state index in [1.54, 1.807) is 23.0 Å². The number of pyridine rings is 1. The van der Waals surface area contributed by atoms with Crippen molar-refractivity contribution in [3.05, 3.63) is 74.8 Å². The Morgan fingerprint density at radius 2 is 1.93 bits per heavy atom. The molecule has 1 aliphatic heterocycles. The summed E-state index contributed by atoms with van der Waals surface area (Å²) < 4.78 is 6.23. The summed E-state index contributed by atoms with van der Waals surface area (Å²) in [7, 11) is 3.74. The fourth-order valence-electron chi connectivity index (χ4n) is 5.41. The number of aryl methyl sites for hydroxylation is 2. The summed E-state index contributed by atoms with van der Waals surface area (Å²) in [6.45, 7) is 5.70. The van der Waals surface area contributed by atoms with E-state index in [0.29, 0.717) is 16.6 Å². The third kappa shape index (κ3) is 5.53. The number of fused-ring (bicyclic) bond motifs is 1. The molecule has 0 aliphatic carbocycles. The zero-order chi connectivity index (χ0) is 28.6. The van der Waals surface area contributed by atoms with Gasteiger partial charge in [-0.15, -0.1) is 0 Å². The van der Waals surface area contributed by atoms with Gasteiger partial charge in [0.25, 0.3) is 11.5 Å². The van der Waals surface area contributed by atoms with E-state index < -0.39 is 0 Å². The van der Waals surface area contributed by atoms with Gasteiger partial charge in [-0.05, 0) is 50.5 Å². The number of amides is 1. The molecule has 12 heteroatoms. The van der Waals surface area contributed by atoms with E-state index in [1.165, 1.54) is 11.9 Å². The third-order valence-electron chi connectivity index (χ3n) is 7.41. The summed E-state index contributed by atoms with van der Waals surface area (Å²) in [5.41, 5.74) is 4.33. The lowest BCUT2D eigenvalue weighted by molar-refractivity contribution is 0.0980. The molecule has 40 heavy (non-hydrogen) atoms. The van der Waals surface area contributed by atoms with Crippen LogP contribution in [0.3, 0.4) is 0 Å². The number of carbonyl (C=O) groups is 1. The highest BCUT2D eigenvalue weighted by Crippen LogP contribution is 2.32. The van der Waals surface area contributed by atoms with Gasteiger partial charge < -0.3 is 10.2 Å². The molecule has 0 saturated carbocycles. The maximum atomic E-state index is 13.6. The van der Waals surface area contributed by atoms with Gasteiger partial charge in [0.2, 0.25) is 0 Å². The lowest BCUT2D eigenvalue weighted by atomic mass is 9.94. The highest BCUT2D eigenvalue weighted by atomic mass is 35.5. The van der Waals surface area contributed by atoms with Crippen molar-refractivity contribution in [1.82, 2.24) is 29.0 Å². The van der Waals surface area contributed by atoms with Crippen LogP contribution in [0.15, 0.2) is 41.5 Å². The van der Waals surface area contributed by atoms with Crippen LogP contribution in [-0.4, -0.2) is 49.6 Å². The zero-order valence-corrected chi connectivity index (χ0v) is 24.8. The molecule has 5 rings (SSSR count). The first-order valence-electron chi connectivity index (χ1n) is 13.2. The Hall–Kier alpha value is -3.57. The molecule has 1 saturated heterocycles. The standard InChI is InChI=1S/C28H33ClN8O2S/c1-16-12-20(17(2)31-22-6-7-23(29)32-25(22)27(38)34-40-5)24-21(13-16)28(39)36(4)26(33-24)18-8-10-37(11-9-18)19-14-30-35(3)15-19/h6-7,12-15,17-18,31H,8-11H2,1-5H3,(H,34,38). The van der Waals surface area contributed by atoms with Gasteiger partial charge in [-0.25, -0.2) is 9.97 Å². The highest BCUT2D eigenvalue weighted by Gasteiger charge is 2.27. The molecule has 0 bridgehead atoms. The summed E-state index contributed by atoms with van der Waals surface area (Å²) in [6.07, 6.45) is 7.46. The lowest BCUT2D eigenvalue weighted by Gasteiger charge is -2.33. The Labute approximate surface area is 242 Å². The second-order valence-corrected chi connectivity index (χ2v) is 11.2. The van der Waals surface area contributed by atoms with E-state index in [4.69, 9.17) is 16.6 Å². The maximum Gasteiger partial charge on any atom is 0.281 e. The molecule has 10 nitrogen and oxygen atoms in total. The number of nitrogens with zero attached hydrogens (tertiary/aromatic N) is 6. The number of rotatable bonds is 7. The van der Waals surface area contributed by atoms with Gasteiger partial charge in [-0.2, -0.15) is 5.10 Å². The van der Waals surface area contributed by atoms with Crippen molar-refractivity contribution in [3.63, 3.8) is 0 Å². The molecule has 1 fully saturated rings. The van der Waals surface area contributed by atoms with Crippen LogP contribution in [0.25, 0.3) is 10.9 Å². The van der Waals surface area contributed by atoms with E-state index in [2.05, 4.69) is 25.0 Å². The van der Waals surface area contributed by atoms with Crippen LogP contribution in [0.2, 0.25) is 5.15 Å². The second kappa shape index (κ2) is 11.5. The third-order valence-corrected chi connectivity index (χ3v) is 8.01. The molecule has 1 aliphatic rings. The van der Waals surface area contributed by atoms with Gasteiger partial charge in [-0.3, -0.25) is 23.6 Å². The highest BCUT2D eigenvalue weighted by molar-refractivity contribution is 7.97. The Morgan fingerprint density at radius 1 is 1.18 bits per heavy atom. The van der Waals surface area contributed by atoms with E-state index in [0.717, 1.165) is 48.6 Å². The van der Waals surface area contributed by atoms with E-state index in [1.807, 2.05) is 57.2 Å². The number of carbonyl (C=O) groups excluding carboxylic acids is 1. The minimum Gasteiger partial charge on any atom is -0.377 e. The van der Waals surface area contributed by atoms with Crippen molar-refractivity contribution in [2.45, 2.75) is 38.6 Å². The molecule has 1 unspecified atom stereocenters. The van der Waals surface area contributed by atoms with Crippen LogP contribution >= 0.6 is 23.5 Å². The Kier molecular flexibility index (Phi) is 8.04. The van der Waals surface area contributed by atoms with E-state index in [-0.39, 0.29) is 34.3 Å². The quantitative estimate of drug-likeness (QED) is 0.241. The van der Waals surface area contributed by atoms with Gasteiger partial charge in [0, 0.05) is 51.1 Å². The summed E-state index contributed by atoms with van der Waals surface area (Å²) in [5, 5.41) is 8.53. The lowest BCUT2D eigenvalue weighted by Crippen LogP contribution is -2.35. The predicted molar refractivity (Wildman–Crippen MR) is 161 cm³/mol. The first kappa shape index (κ1) is 28.0. The normalized spacial score (nSPS) is 14.9. The minimum atomic E-state index is -0.342. The van der Waals surface area contributed by atoms with Crippen molar-refractivity contribution in [3.8, 4) is 0 Å². The van der Waals surface area contributed by atoms with Crippen molar-refractivity contribution in [2.75, 3.05) is 29.6 Å². The molecule has 3 aromatic heterocycles. The number of piperidine rings is 1. The van der Waals surface area contributed by atoms with Gasteiger partial charge in [-0.1, -0.05) is 29.6 Å². The molecule has 210 valence electrons. The average Bonchev–Trinajstić information content (AvgIpc) is 3.38. The molecule has 4 aromatic rings. The topological polar surface area (TPSA) is 110 Å². The van der Waals surface area contributed by atoms with E-state index in [9.17, 15) is 9.59 Å². The Morgan fingerprint density at radius 3 is 2.60 bits per heavy atom. The predicted octanol–water partition coefficient (Wildman–Crippen LogP) is 4.59. The van der Waals surface area contributed by atoms with Crippen LogP contribution in [0.1, 0.15) is 59.2 Å². The van der Waals surface area contributed by atoms with Crippen molar-refractivity contribution in [2.24, 2.45) is 14.1 Å². The maximum absolute atomic E-state index is 13.6. The van der Waals surface area contributed by atoms with Crippen LogP contribution < -0.4 is 20.5 Å². The summed E-state index contributed by atoms with van der Waals surface area (Å²) >= 11 is 7.29. The number of hydrogen-bond acceptors (Lipinski definition) is 8. The number of benzene rings is 1. The smallest absolute Gasteiger partial charge is 0.281 e. The minimum absolute atomic E-state index is 0.0555. The number of anilines is 2. The van der Waals surface area contributed by atoms with Gasteiger partial charge >= 0.3 is 0 Å². The summed E-state index contributed by atoms with van der Waals surface area (Å²) in [5.74, 6) is 0.620. The van der Waals surface area contributed by atoms with Crippen molar-refractivity contribution in [1.29, 1.82) is 0 Å². The molecule has 1 atom stereocenters. The van der Waals surface area contributed by atoms with Crippen LogP contribution in [-0.2, 0) is 14.1 Å². The molecular weight excluding hydrogens is 548 g/mol. The second-order valence-electron chi connectivity index (χ2n) is 10.2. The molecule has 4 heterocycles. The van der Waals surface area contributed by atoms with Crippen molar-refractivity contribution < 1.29 is 4.79 Å². The number of halogens is 1. The van der Waals surface area contributed by atoms with Crippen LogP contribution in [0.4, 0.5) is 11.4 Å². The Balaban J connectivity index is 1.49. The largest absolute Gasteiger partial charge is 0.377 e. The van der Waals surface area contributed by atoms with Crippen molar-refractivity contribution >= 4 is 51.7 Å². The number of nitrogens with one attached hydrogen (secondary N) is 2. The zero-order valence-electron chi connectivity index (χ0n) is 23.2. The first-order valence-corrected chi connectivity index (χ1v) is 14.8. The number of hydrogen-bond donors (Lipinski definition) is 2. The molecule has 0 radical (unpaired) electrons. The fraction of sp³-hybridized carbons (Fsp3) is 0.393. The van der Waals surface area contributed by atoms with Crippen LogP contribution in [0, 0.1) is 6.92 Å². The summed E-state index contributed by atoms with van der Waals surface area (Å²) in [4.78, 5) is 38.0. The molecule has 1 aromatic carbocycles. The molecule has 0 spiro atoms. The molecule has 2 N–H and O–H groups in total. The average molecular weight is 581 g/mol. The van der Waals surface area contributed by atoms with E-state index >= 15 is 0 Å². The van der Waals surface area contributed by atoms with Crippen LogP contribution in [0.5, 0.6) is 0 Å². The monoisotopic (exact) mass is 580 g/mol. The van der Waals surface area contributed by atoms with Gasteiger partial charge in [0.15, 0.2) is 5.69 Å².